The van der Waals surface area contributed by atoms with Crippen LogP contribution in [0, 0.1) is 17.8 Å². The van der Waals surface area contributed by atoms with Crippen molar-refractivity contribution in [3.8, 4) is 11.1 Å². The van der Waals surface area contributed by atoms with Gasteiger partial charge in [-0.2, -0.15) is 0 Å². The number of hydrogen-bond donors (Lipinski definition) is 3. The first-order valence-electron chi connectivity index (χ1n) is 13.5. The quantitative estimate of drug-likeness (QED) is 0.479. The van der Waals surface area contributed by atoms with E-state index in [0.29, 0.717) is 17.8 Å². The molecule has 5 aliphatic carbocycles. The Morgan fingerprint density at radius 2 is 1.43 bits per heavy atom. The summed E-state index contributed by atoms with van der Waals surface area (Å²) in [4.78, 5) is 37.3. The minimum Gasteiger partial charge on any atom is -0.480 e. The Morgan fingerprint density at radius 3 is 1.97 bits per heavy atom. The van der Waals surface area contributed by atoms with Crippen molar-refractivity contribution in [2.24, 2.45) is 17.8 Å². The van der Waals surface area contributed by atoms with E-state index in [9.17, 15) is 19.5 Å². The normalized spacial score (nSPS) is 27.7. The number of carbonyl (C=O) groups is 3. The predicted octanol–water partition coefficient (Wildman–Crippen LogP) is 4.84. The Kier molecular flexibility index (Phi) is 6.17. The summed E-state index contributed by atoms with van der Waals surface area (Å²) in [5, 5.41) is 15.4. The molecule has 0 aliphatic heterocycles. The van der Waals surface area contributed by atoms with Gasteiger partial charge in [-0.3, -0.25) is 4.79 Å². The summed E-state index contributed by atoms with van der Waals surface area (Å²) < 4.78 is 5.50. The van der Waals surface area contributed by atoms with Gasteiger partial charge in [-0.1, -0.05) is 48.5 Å². The Bertz CT molecular complexity index is 1140. The van der Waals surface area contributed by atoms with E-state index in [1.807, 2.05) is 36.4 Å². The van der Waals surface area contributed by atoms with Gasteiger partial charge in [-0.15, -0.1) is 0 Å². The number of carbonyl (C=O) groups excluding carboxylic acids is 2. The molecule has 2 aromatic carbocycles. The molecule has 194 valence electrons. The molecule has 0 radical (unpaired) electrons. The summed E-state index contributed by atoms with van der Waals surface area (Å²) in [6.45, 7) is 0.110. The average molecular weight is 503 g/mol. The van der Waals surface area contributed by atoms with E-state index >= 15 is 0 Å². The van der Waals surface area contributed by atoms with E-state index in [-0.39, 0.29) is 36.8 Å². The Labute approximate surface area is 217 Å². The number of alkyl carbamates (subject to hydrolysis) is 1. The molecule has 0 spiro atoms. The van der Waals surface area contributed by atoms with E-state index in [1.165, 1.54) is 19.3 Å². The fourth-order valence-corrected chi connectivity index (χ4v) is 7.94. The third-order valence-corrected chi connectivity index (χ3v) is 9.04. The van der Waals surface area contributed by atoms with Crippen molar-refractivity contribution >= 4 is 18.0 Å². The molecule has 3 N–H and O–H groups in total. The Balaban J connectivity index is 1.02. The number of nitrogens with one attached hydrogen (secondary N) is 2. The summed E-state index contributed by atoms with van der Waals surface area (Å²) in [7, 11) is 0. The average Bonchev–Trinajstić information content (AvgIpc) is 3.17. The van der Waals surface area contributed by atoms with Crippen LogP contribution in [0.25, 0.3) is 11.1 Å². The Morgan fingerprint density at radius 1 is 0.892 bits per heavy atom. The molecule has 0 aromatic heterocycles. The molecule has 1 atom stereocenters. The molecule has 4 saturated carbocycles. The summed E-state index contributed by atoms with van der Waals surface area (Å²) in [6, 6.07) is 14.9. The van der Waals surface area contributed by atoms with Crippen LogP contribution in [0.2, 0.25) is 0 Å². The van der Waals surface area contributed by atoms with Gasteiger partial charge in [0, 0.05) is 17.9 Å². The molecule has 0 unspecified atom stereocenters. The van der Waals surface area contributed by atoms with Crippen LogP contribution >= 0.6 is 0 Å². The van der Waals surface area contributed by atoms with Crippen LogP contribution in [0.3, 0.4) is 0 Å². The summed E-state index contributed by atoms with van der Waals surface area (Å²) in [6.07, 6.45) is 6.32. The lowest BCUT2D eigenvalue weighted by Crippen LogP contribution is -2.60. The number of benzene rings is 2. The van der Waals surface area contributed by atoms with E-state index < -0.39 is 18.1 Å². The summed E-state index contributed by atoms with van der Waals surface area (Å²) in [5.41, 5.74) is 4.33. The first kappa shape index (κ1) is 24.0. The lowest BCUT2D eigenvalue weighted by molar-refractivity contribution is -0.139. The van der Waals surface area contributed by atoms with Crippen molar-refractivity contribution in [1.29, 1.82) is 0 Å². The highest BCUT2D eigenvalue weighted by Crippen LogP contribution is 2.55. The van der Waals surface area contributed by atoms with Crippen LogP contribution in [-0.2, 0) is 14.3 Å². The number of fused-ring (bicyclic) bond motifs is 3. The molecule has 4 fully saturated rings. The third-order valence-electron chi connectivity index (χ3n) is 9.04. The number of rotatable bonds is 8. The maximum absolute atomic E-state index is 12.8. The summed E-state index contributed by atoms with van der Waals surface area (Å²) >= 11 is 0. The smallest absolute Gasteiger partial charge is 0.407 e. The SMILES string of the molecule is O=C(CC[C@@H](NC(=O)OCC1c2ccccc2-c2ccccc21)C(=O)O)NC12CC3CC(CC(C3)C1)C2. The van der Waals surface area contributed by atoms with E-state index in [4.69, 9.17) is 4.74 Å². The minimum atomic E-state index is -1.18. The lowest BCUT2D eigenvalue weighted by atomic mass is 9.53. The fraction of sp³-hybridized carbons (Fsp3) is 0.500. The van der Waals surface area contributed by atoms with Crippen molar-refractivity contribution < 1.29 is 24.2 Å². The van der Waals surface area contributed by atoms with Crippen molar-refractivity contribution in [3.05, 3.63) is 59.7 Å². The largest absolute Gasteiger partial charge is 0.480 e. The number of aliphatic carboxylic acids is 1. The molecular formula is C30H34N2O5. The van der Waals surface area contributed by atoms with Gasteiger partial charge < -0.3 is 20.5 Å². The molecular weight excluding hydrogens is 468 g/mol. The second-order valence-electron chi connectivity index (χ2n) is 11.6. The van der Waals surface area contributed by atoms with Crippen LogP contribution in [-0.4, -0.2) is 41.3 Å². The number of carboxylic acid groups (broad SMARTS) is 1. The van der Waals surface area contributed by atoms with Crippen LogP contribution in [0.15, 0.2) is 48.5 Å². The monoisotopic (exact) mass is 502 g/mol. The highest BCUT2D eigenvalue weighted by atomic mass is 16.5. The van der Waals surface area contributed by atoms with Crippen LogP contribution in [0.5, 0.6) is 0 Å². The zero-order valence-corrected chi connectivity index (χ0v) is 20.9. The Hall–Kier alpha value is -3.35. The van der Waals surface area contributed by atoms with Gasteiger partial charge in [0.25, 0.3) is 0 Å². The number of ether oxygens (including phenoxy) is 1. The van der Waals surface area contributed by atoms with Crippen molar-refractivity contribution in [2.45, 2.75) is 68.9 Å². The maximum atomic E-state index is 12.8. The maximum Gasteiger partial charge on any atom is 0.407 e. The van der Waals surface area contributed by atoms with Crippen LogP contribution in [0.1, 0.15) is 68.4 Å². The van der Waals surface area contributed by atoms with Crippen molar-refractivity contribution in [3.63, 3.8) is 0 Å². The van der Waals surface area contributed by atoms with Gasteiger partial charge in [-0.25, -0.2) is 9.59 Å². The van der Waals surface area contributed by atoms with Gasteiger partial charge in [-0.05, 0) is 85.0 Å². The zero-order valence-electron chi connectivity index (χ0n) is 20.9. The standard InChI is InChI=1S/C30H34N2O5/c33-27(32-30-14-18-11-19(15-30)13-20(12-18)16-30)10-9-26(28(34)35)31-29(36)37-17-25-23-7-3-1-5-21(23)22-6-2-4-8-24(22)25/h1-8,18-20,25-26H,9-17H2,(H,31,36)(H,32,33)(H,34,35)/t18?,19?,20?,26-,30?/m1/s1. The molecule has 2 aromatic rings. The minimum absolute atomic E-state index is 0.0255. The summed E-state index contributed by atoms with van der Waals surface area (Å²) in [5.74, 6) is 0.752. The van der Waals surface area contributed by atoms with Gasteiger partial charge in [0.2, 0.25) is 5.91 Å². The highest BCUT2D eigenvalue weighted by Gasteiger charge is 2.51. The molecule has 0 saturated heterocycles. The topological polar surface area (TPSA) is 105 Å². The van der Waals surface area contributed by atoms with Gasteiger partial charge in [0.1, 0.15) is 12.6 Å². The van der Waals surface area contributed by atoms with Crippen LogP contribution in [0.4, 0.5) is 4.79 Å². The molecule has 2 amide bonds. The molecule has 37 heavy (non-hydrogen) atoms. The van der Waals surface area contributed by atoms with Gasteiger partial charge >= 0.3 is 12.1 Å². The van der Waals surface area contributed by atoms with E-state index in [0.717, 1.165) is 41.5 Å². The number of carboxylic acids is 1. The van der Waals surface area contributed by atoms with E-state index in [1.54, 1.807) is 0 Å². The first-order valence-corrected chi connectivity index (χ1v) is 13.5. The highest BCUT2D eigenvalue weighted by molar-refractivity contribution is 5.82. The number of hydrogen-bond acceptors (Lipinski definition) is 4. The van der Waals surface area contributed by atoms with Gasteiger partial charge in [0.05, 0.1) is 0 Å². The second kappa shape index (κ2) is 9.51. The van der Waals surface area contributed by atoms with E-state index in [2.05, 4.69) is 22.8 Å². The molecule has 7 heteroatoms. The predicted molar refractivity (Wildman–Crippen MR) is 138 cm³/mol. The molecule has 7 rings (SSSR count). The van der Waals surface area contributed by atoms with Gasteiger partial charge in [0.15, 0.2) is 0 Å². The second-order valence-corrected chi connectivity index (χ2v) is 11.6. The van der Waals surface area contributed by atoms with Crippen LogP contribution < -0.4 is 10.6 Å². The van der Waals surface area contributed by atoms with Crippen molar-refractivity contribution in [2.75, 3.05) is 6.61 Å². The fourth-order valence-electron chi connectivity index (χ4n) is 7.94. The molecule has 5 aliphatic rings. The molecule has 7 nitrogen and oxygen atoms in total. The third kappa shape index (κ3) is 4.72. The lowest BCUT2D eigenvalue weighted by Gasteiger charge is -2.57. The first-order chi connectivity index (χ1) is 17.9. The molecule has 0 heterocycles. The number of amides is 2. The zero-order chi connectivity index (χ0) is 25.6. The molecule has 4 bridgehead atoms. The van der Waals surface area contributed by atoms with Crippen molar-refractivity contribution in [1.82, 2.24) is 10.6 Å².